The van der Waals surface area contributed by atoms with Gasteiger partial charge in [0.05, 0.1) is 11.9 Å². The normalized spacial score (nSPS) is 10.3. The quantitative estimate of drug-likeness (QED) is 0.701. The summed E-state index contributed by atoms with van der Waals surface area (Å²) < 4.78 is 7.62. The molecule has 0 aliphatic carbocycles. The zero-order valence-electron chi connectivity index (χ0n) is 11.8. The molecule has 1 N–H and O–H groups in total. The second-order valence-corrected chi connectivity index (χ2v) is 4.63. The Hall–Kier alpha value is -3.14. The van der Waals surface area contributed by atoms with Gasteiger partial charge in [0.25, 0.3) is 0 Å². The maximum absolute atomic E-state index is 9.14. The highest BCUT2D eigenvalue weighted by atomic mass is 16.4. The lowest BCUT2D eigenvalue weighted by atomic mass is 10.3. The maximum Gasteiger partial charge on any atom is 0.232 e. The number of oxazole rings is 1. The zero-order chi connectivity index (χ0) is 15.2. The molecule has 0 amide bonds. The molecule has 0 aliphatic heterocycles. The van der Waals surface area contributed by atoms with Crippen LogP contribution in [0.5, 0.6) is 0 Å². The van der Waals surface area contributed by atoms with Crippen molar-refractivity contribution >= 4 is 5.88 Å². The third-order valence-electron chi connectivity index (χ3n) is 3.08. The van der Waals surface area contributed by atoms with Crippen LogP contribution in [0.15, 0.2) is 47.7 Å². The molecule has 0 bridgehead atoms. The third kappa shape index (κ3) is 3.12. The number of aryl methyl sites for hydroxylation is 1. The first-order valence-electron chi connectivity index (χ1n) is 6.88. The summed E-state index contributed by atoms with van der Waals surface area (Å²) in [5, 5.41) is 12.3. The molecule has 110 valence electrons. The molecule has 3 aromatic heterocycles. The fourth-order valence-corrected chi connectivity index (χ4v) is 2.01. The highest BCUT2D eigenvalue weighted by Gasteiger charge is 2.13. The average Bonchev–Trinajstić information content (AvgIpc) is 3.22. The van der Waals surface area contributed by atoms with Crippen molar-refractivity contribution in [3.8, 4) is 17.5 Å². The molecule has 0 saturated carbocycles. The van der Waals surface area contributed by atoms with Gasteiger partial charge >= 0.3 is 0 Å². The smallest absolute Gasteiger partial charge is 0.232 e. The Kier molecular flexibility index (Phi) is 4.11. The van der Waals surface area contributed by atoms with E-state index in [1.165, 1.54) is 0 Å². The number of nitrogens with one attached hydrogen (secondary N) is 1. The van der Waals surface area contributed by atoms with Gasteiger partial charge in [-0.15, -0.1) is 0 Å². The van der Waals surface area contributed by atoms with E-state index >= 15 is 0 Å². The van der Waals surface area contributed by atoms with Crippen LogP contribution >= 0.6 is 0 Å². The summed E-state index contributed by atoms with van der Waals surface area (Å²) in [4.78, 5) is 12.2. The van der Waals surface area contributed by atoms with E-state index in [0.29, 0.717) is 18.3 Å². The summed E-state index contributed by atoms with van der Waals surface area (Å²) in [7, 11) is 0. The number of pyridine rings is 1. The van der Waals surface area contributed by atoms with E-state index in [4.69, 9.17) is 9.68 Å². The number of nitrogens with zero attached hydrogens (tertiary/aromatic N) is 5. The Morgan fingerprint density at radius 2 is 2.27 bits per heavy atom. The second-order valence-electron chi connectivity index (χ2n) is 4.63. The Morgan fingerprint density at radius 1 is 1.32 bits per heavy atom. The number of aromatic nitrogens is 4. The fourth-order valence-electron chi connectivity index (χ4n) is 2.01. The minimum Gasteiger partial charge on any atom is -0.419 e. The van der Waals surface area contributed by atoms with Crippen molar-refractivity contribution in [2.75, 3.05) is 11.9 Å². The van der Waals surface area contributed by atoms with Crippen molar-refractivity contribution in [2.24, 2.45) is 0 Å². The van der Waals surface area contributed by atoms with Crippen LogP contribution in [0.3, 0.4) is 0 Å². The molecule has 7 heteroatoms. The molecular formula is C15H14N6O. The summed E-state index contributed by atoms with van der Waals surface area (Å²) in [5.74, 6) is 0.786. The SMILES string of the molecule is N#Cc1nc(-c2cccnc2)oc1NCCCn1ccnc1. The Labute approximate surface area is 127 Å². The van der Waals surface area contributed by atoms with Gasteiger partial charge in [0.15, 0.2) is 0 Å². The summed E-state index contributed by atoms with van der Waals surface area (Å²) in [6.07, 6.45) is 9.63. The van der Waals surface area contributed by atoms with E-state index in [9.17, 15) is 0 Å². The van der Waals surface area contributed by atoms with Crippen molar-refractivity contribution in [2.45, 2.75) is 13.0 Å². The predicted molar refractivity (Wildman–Crippen MR) is 79.8 cm³/mol. The Bertz CT molecular complexity index is 757. The van der Waals surface area contributed by atoms with Crippen LogP contribution < -0.4 is 5.32 Å². The van der Waals surface area contributed by atoms with Crippen molar-refractivity contribution in [3.63, 3.8) is 0 Å². The molecule has 0 aliphatic rings. The van der Waals surface area contributed by atoms with Gasteiger partial charge in [-0.1, -0.05) is 0 Å². The minimum atomic E-state index is 0.251. The lowest BCUT2D eigenvalue weighted by Crippen LogP contribution is -2.06. The first kappa shape index (κ1) is 13.8. The average molecular weight is 294 g/mol. The molecule has 3 heterocycles. The van der Waals surface area contributed by atoms with Crippen LogP contribution in [0.25, 0.3) is 11.5 Å². The van der Waals surface area contributed by atoms with Crippen molar-refractivity contribution in [3.05, 3.63) is 48.9 Å². The van der Waals surface area contributed by atoms with Crippen LogP contribution in [-0.4, -0.2) is 26.1 Å². The van der Waals surface area contributed by atoms with Gasteiger partial charge < -0.3 is 14.3 Å². The van der Waals surface area contributed by atoms with Crippen molar-refractivity contribution in [1.29, 1.82) is 5.26 Å². The molecule has 0 atom stereocenters. The Morgan fingerprint density at radius 3 is 3.00 bits per heavy atom. The number of hydrogen-bond donors (Lipinski definition) is 1. The molecule has 0 radical (unpaired) electrons. The maximum atomic E-state index is 9.14. The molecule has 0 unspecified atom stereocenters. The molecular weight excluding hydrogens is 280 g/mol. The summed E-state index contributed by atoms with van der Waals surface area (Å²) in [5.41, 5.74) is 0.993. The monoisotopic (exact) mass is 294 g/mol. The van der Waals surface area contributed by atoms with Gasteiger partial charge in [-0.25, -0.2) is 4.98 Å². The van der Waals surface area contributed by atoms with E-state index in [0.717, 1.165) is 18.5 Å². The molecule has 0 aromatic carbocycles. The largest absolute Gasteiger partial charge is 0.419 e. The molecule has 0 saturated heterocycles. The van der Waals surface area contributed by atoms with Crippen LogP contribution in [0.4, 0.5) is 5.88 Å². The topological polar surface area (TPSA) is 92.6 Å². The van der Waals surface area contributed by atoms with Crippen LogP contribution in [0, 0.1) is 11.3 Å². The van der Waals surface area contributed by atoms with E-state index < -0.39 is 0 Å². The number of nitriles is 1. The lowest BCUT2D eigenvalue weighted by molar-refractivity contribution is 0.578. The summed E-state index contributed by atoms with van der Waals surface area (Å²) in [6, 6.07) is 5.67. The zero-order valence-corrected chi connectivity index (χ0v) is 11.8. The highest BCUT2D eigenvalue weighted by molar-refractivity contribution is 5.57. The van der Waals surface area contributed by atoms with Crippen LogP contribution in [-0.2, 0) is 6.54 Å². The second kappa shape index (κ2) is 6.54. The van der Waals surface area contributed by atoms with Gasteiger partial charge in [-0.2, -0.15) is 10.2 Å². The van der Waals surface area contributed by atoms with Gasteiger partial charge in [0.1, 0.15) is 6.07 Å². The van der Waals surface area contributed by atoms with Gasteiger partial charge in [0.2, 0.25) is 17.5 Å². The van der Waals surface area contributed by atoms with E-state index in [1.807, 2.05) is 22.9 Å². The molecule has 22 heavy (non-hydrogen) atoms. The number of imidazole rings is 1. The highest BCUT2D eigenvalue weighted by Crippen LogP contribution is 2.24. The van der Waals surface area contributed by atoms with Crippen LogP contribution in [0.1, 0.15) is 12.1 Å². The first-order chi connectivity index (χ1) is 10.9. The lowest BCUT2D eigenvalue weighted by Gasteiger charge is -2.03. The van der Waals surface area contributed by atoms with Gasteiger partial charge in [-0.05, 0) is 18.6 Å². The predicted octanol–water partition coefficient (Wildman–Crippen LogP) is 2.31. The van der Waals surface area contributed by atoms with E-state index in [-0.39, 0.29) is 5.69 Å². The van der Waals surface area contributed by atoms with Gasteiger partial charge in [0, 0.05) is 37.9 Å². The molecule has 3 aromatic rings. The summed E-state index contributed by atoms with van der Waals surface area (Å²) in [6.45, 7) is 1.52. The van der Waals surface area contributed by atoms with Gasteiger partial charge in [-0.3, -0.25) is 4.98 Å². The number of rotatable bonds is 6. The third-order valence-corrected chi connectivity index (χ3v) is 3.08. The Balaban J connectivity index is 1.63. The molecule has 0 fully saturated rings. The number of anilines is 1. The molecule has 0 spiro atoms. The van der Waals surface area contributed by atoms with Crippen molar-refractivity contribution in [1.82, 2.24) is 19.5 Å². The standard InChI is InChI=1S/C15H14N6O/c16-9-13-15(19-5-2-7-21-8-6-18-11-21)22-14(20-13)12-3-1-4-17-10-12/h1,3-4,6,8,10-11,19H,2,5,7H2. The van der Waals surface area contributed by atoms with Crippen LogP contribution in [0.2, 0.25) is 0 Å². The minimum absolute atomic E-state index is 0.251. The molecule has 7 nitrogen and oxygen atoms in total. The fraction of sp³-hybridized carbons (Fsp3) is 0.200. The van der Waals surface area contributed by atoms with Crippen molar-refractivity contribution < 1.29 is 4.42 Å². The van der Waals surface area contributed by atoms with E-state index in [1.54, 1.807) is 31.0 Å². The first-order valence-corrected chi connectivity index (χ1v) is 6.88. The number of hydrogen-bond acceptors (Lipinski definition) is 6. The van der Waals surface area contributed by atoms with E-state index in [2.05, 4.69) is 20.3 Å². The summed E-state index contributed by atoms with van der Waals surface area (Å²) >= 11 is 0. The molecule has 3 rings (SSSR count).